The zero-order valence-electron chi connectivity index (χ0n) is 15.4. The number of pyridine rings is 1. The van der Waals surface area contributed by atoms with Gasteiger partial charge in [-0.2, -0.15) is 4.98 Å². The summed E-state index contributed by atoms with van der Waals surface area (Å²) in [5, 5.41) is 9.66. The lowest BCUT2D eigenvalue weighted by Gasteiger charge is -2.34. The fourth-order valence-corrected chi connectivity index (χ4v) is 3.04. The van der Waals surface area contributed by atoms with Gasteiger partial charge in [0.1, 0.15) is 5.52 Å². The number of nitrogens with two attached hydrogens (primary N) is 1. The standard InChI is InChI=1S/C18H27N7O/c1-3-4-8-18(2,11-22-16(26)13-7-10-20-13)25-15-14-12(6-5-9-21-14)23-17(19)24-15/h5-6,9,13,20H,3-4,7-8,10-11H2,1-2H3,(H,22,26)(H3,19,23,24,25)/t13-,18?/m0/s1. The molecule has 2 aromatic rings. The van der Waals surface area contributed by atoms with Crippen LogP contribution in [-0.2, 0) is 4.79 Å². The number of amides is 1. The first kappa shape index (κ1) is 18.3. The third kappa shape index (κ3) is 4.19. The van der Waals surface area contributed by atoms with Crippen LogP contribution in [0.25, 0.3) is 11.0 Å². The molecule has 2 atom stereocenters. The zero-order chi connectivity index (χ0) is 18.6. The summed E-state index contributed by atoms with van der Waals surface area (Å²) < 4.78 is 0. The molecule has 3 rings (SSSR count). The third-order valence-corrected chi connectivity index (χ3v) is 4.77. The maximum atomic E-state index is 12.2. The average molecular weight is 357 g/mol. The van der Waals surface area contributed by atoms with Crippen molar-refractivity contribution in [1.29, 1.82) is 0 Å². The Bertz CT molecular complexity index is 777. The molecule has 2 aromatic heterocycles. The van der Waals surface area contributed by atoms with Crippen molar-refractivity contribution in [2.45, 2.75) is 51.1 Å². The minimum Gasteiger partial charge on any atom is -0.368 e. The third-order valence-electron chi connectivity index (χ3n) is 4.77. The number of carbonyl (C=O) groups is 1. The van der Waals surface area contributed by atoms with Crippen LogP contribution in [0, 0.1) is 0 Å². The molecule has 0 spiro atoms. The van der Waals surface area contributed by atoms with E-state index in [0.717, 1.165) is 32.2 Å². The quantitative estimate of drug-likeness (QED) is 0.565. The normalized spacial score (nSPS) is 18.8. The zero-order valence-corrected chi connectivity index (χ0v) is 15.4. The van der Waals surface area contributed by atoms with Crippen molar-refractivity contribution in [3.8, 4) is 0 Å². The van der Waals surface area contributed by atoms with Crippen molar-refractivity contribution in [1.82, 2.24) is 25.6 Å². The average Bonchev–Trinajstić information content (AvgIpc) is 2.57. The number of hydrogen-bond acceptors (Lipinski definition) is 7. The van der Waals surface area contributed by atoms with Gasteiger partial charge in [-0.15, -0.1) is 0 Å². The van der Waals surface area contributed by atoms with Crippen molar-refractivity contribution in [3.05, 3.63) is 18.3 Å². The van der Waals surface area contributed by atoms with Crippen molar-refractivity contribution in [2.24, 2.45) is 0 Å². The highest BCUT2D eigenvalue weighted by atomic mass is 16.2. The first-order valence-electron chi connectivity index (χ1n) is 9.18. The van der Waals surface area contributed by atoms with Crippen LogP contribution in [0.15, 0.2) is 18.3 Å². The topological polar surface area (TPSA) is 118 Å². The molecule has 26 heavy (non-hydrogen) atoms. The summed E-state index contributed by atoms with van der Waals surface area (Å²) in [6.07, 6.45) is 5.59. The van der Waals surface area contributed by atoms with Crippen molar-refractivity contribution in [3.63, 3.8) is 0 Å². The van der Waals surface area contributed by atoms with Crippen molar-refractivity contribution >= 4 is 28.7 Å². The first-order chi connectivity index (χ1) is 12.5. The summed E-state index contributed by atoms with van der Waals surface area (Å²) in [7, 11) is 0. The number of nitrogens with one attached hydrogen (secondary N) is 3. The van der Waals surface area contributed by atoms with Gasteiger partial charge in [0.25, 0.3) is 0 Å². The molecule has 1 unspecified atom stereocenters. The summed E-state index contributed by atoms with van der Waals surface area (Å²) in [4.78, 5) is 25.2. The molecule has 1 saturated heterocycles. The van der Waals surface area contributed by atoms with Gasteiger partial charge in [0.2, 0.25) is 11.9 Å². The number of nitrogen functional groups attached to an aromatic ring is 1. The smallest absolute Gasteiger partial charge is 0.237 e. The van der Waals surface area contributed by atoms with E-state index < -0.39 is 0 Å². The number of rotatable bonds is 8. The molecule has 8 nitrogen and oxygen atoms in total. The molecule has 0 aromatic carbocycles. The fourth-order valence-electron chi connectivity index (χ4n) is 3.04. The predicted molar refractivity (Wildman–Crippen MR) is 103 cm³/mol. The molecule has 1 amide bonds. The van der Waals surface area contributed by atoms with Crippen LogP contribution >= 0.6 is 0 Å². The first-order valence-corrected chi connectivity index (χ1v) is 9.18. The number of anilines is 2. The molecule has 5 N–H and O–H groups in total. The maximum absolute atomic E-state index is 12.2. The lowest BCUT2D eigenvalue weighted by Crippen LogP contribution is -2.56. The second-order valence-electron chi connectivity index (χ2n) is 7.10. The van der Waals surface area contributed by atoms with Gasteiger partial charge < -0.3 is 21.7 Å². The van der Waals surface area contributed by atoms with Gasteiger partial charge in [0.05, 0.1) is 17.1 Å². The Morgan fingerprint density at radius 1 is 1.46 bits per heavy atom. The minimum atomic E-state index is -0.360. The lowest BCUT2D eigenvalue weighted by molar-refractivity contribution is -0.124. The molecule has 1 fully saturated rings. The molecular formula is C18H27N7O. The van der Waals surface area contributed by atoms with Gasteiger partial charge in [-0.1, -0.05) is 19.8 Å². The highest BCUT2D eigenvalue weighted by Gasteiger charge is 2.29. The van der Waals surface area contributed by atoms with Crippen LogP contribution in [0.1, 0.15) is 39.5 Å². The Hall–Kier alpha value is -2.48. The SMILES string of the molecule is CCCCC(C)(CNC(=O)[C@@H]1CCN1)Nc1nc(N)nc2cccnc12. The number of fused-ring (bicyclic) bond motifs is 1. The molecule has 0 radical (unpaired) electrons. The monoisotopic (exact) mass is 357 g/mol. The van der Waals surface area contributed by atoms with Gasteiger partial charge in [0.15, 0.2) is 5.82 Å². The molecule has 1 aliphatic rings. The molecular weight excluding hydrogens is 330 g/mol. The largest absolute Gasteiger partial charge is 0.368 e. The van der Waals surface area contributed by atoms with E-state index in [1.54, 1.807) is 6.20 Å². The van der Waals surface area contributed by atoms with E-state index in [4.69, 9.17) is 5.73 Å². The van der Waals surface area contributed by atoms with E-state index >= 15 is 0 Å². The van der Waals surface area contributed by atoms with Crippen LogP contribution in [0.4, 0.5) is 11.8 Å². The Morgan fingerprint density at radius 3 is 2.96 bits per heavy atom. The van der Waals surface area contributed by atoms with Gasteiger partial charge in [-0.3, -0.25) is 9.78 Å². The summed E-state index contributed by atoms with van der Waals surface area (Å²) in [5.74, 6) is 0.849. The van der Waals surface area contributed by atoms with Crippen molar-refractivity contribution < 1.29 is 4.79 Å². The number of unbranched alkanes of at least 4 members (excludes halogenated alkanes) is 1. The summed E-state index contributed by atoms with van der Waals surface area (Å²) >= 11 is 0. The van der Waals surface area contributed by atoms with Gasteiger partial charge in [-0.05, 0) is 38.4 Å². The summed E-state index contributed by atoms with van der Waals surface area (Å²) in [5.41, 5.74) is 6.88. The Morgan fingerprint density at radius 2 is 2.27 bits per heavy atom. The Balaban J connectivity index is 1.80. The van der Waals surface area contributed by atoms with Crippen LogP contribution in [-0.4, -0.2) is 45.5 Å². The molecule has 0 saturated carbocycles. The number of aromatic nitrogens is 3. The van der Waals surface area contributed by atoms with Gasteiger partial charge in [-0.25, -0.2) is 4.98 Å². The van der Waals surface area contributed by atoms with Crippen LogP contribution in [0.2, 0.25) is 0 Å². The van der Waals surface area contributed by atoms with E-state index in [-0.39, 0.29) is 23.4 Å². The van der Waals surface area contributed by atoms with E-state index in [1.807, 2.05) is 12.1 Å². The van der Waals surface area contributed by atoms with E-state index in [9.17, 15) is 4.79 Å². The summed E-state index contributed by atoms with van der Waals surface area (Å²) in [6.45, 7) is 5.64. The predicted octanol–water partition coefficient (Wildman–Crippen LogP) is 1.45. The molecule has 0 bridgehead atoms. The number of carbonyl (C=O) groups excluding carboxylic acids is 1. The second-order valence-corrected chi connectivity index (χ2v) is 7.10. The second kappa shape index (κ2) is 7.82. The fraction of sp³-hybridized carbons (Fsp3) is 0.556. The Labute approximate surface area is 153 Å². The highest BCUT2D eigenvalue weighted by molar-refractivity contribution is 5.86. The van der Waals surface area contributed by atoms with E-state index in [1.165, 1.54) is 0 Å². The molecule has 140 valence electrons. The molecule has 3 heterocycles. The molecule has 8 heteroatoms. The van der Waals surface area contributed by atoms with Gasteiger partial charge >= 0.3 is 0 Å². The molecule has 0 aliphatic carbocycles. The number of nitrogens with zero attached hydrogens (tertiary/aromatic N) is 3. The minimum absolute atomic E-state index is 0.0472. The lowest BCUT2D eigenvalue weighted by atomic mass is 9.94. The van der Waals surface area contributed by atoms with E-state index in [2.05, 4.69) is 44.7 Å². The molecule has 1 aliphatic heterocycles. The highest BCUT2D eigenvalue weighted by Crippen LogP contribution is 2.25. The maximum Gasteiger partial charge on any atom is 0.237 e. The van der Waals surface area contributed by atoms with Crippen molar-refractivity contribution in [2.75, 3.05) is 24.1 Å². The van der Waals surface area contributed by atoms with Crippen LogP contribution in [0.5, 0.6) is 0 Å². The number of hydrogen-bond donors (Lipinski definition) is 4. The van der Waals surface area contributed by atoms with Gasteiger partial charge in [0, 0.05) is 12.7 Å². The summed E-state index contributed by atoms with van der Waals surface area (Å²) in [6, 6.07) is 3.61. The Kier molecular flexibility index (Phi) is 5.51. The van der Waals surface area contributed by atoms with Crippen LogP contribution in [0.3, 0.4) is 0 Å². The van der Waals surface area contributed by atoms with Crippen LogP contribution < -0.4 is 21.7 Å². The van der Waals surface area contributed by atoms with E-state index in [0.29, 0.717) is 23.4 Å².